The van der Waals surface area contributed by atoms with E-state index in [9.17, 15) is 30.6 Å². The van der Waals surface area contributed by atoms with Gasteiger partial charge < -0.3 is 55.2 Å². The highest BCUT2D eigenvalue weighted by atomic mass is 16.5. The Morgan fingerprint density at radius 2 is 1.77 bits per heavy atom. The van der Waals surface area contributed by atoms with Crippen molar-refractivity contribution in [3.63, 3.8) is 0 Å². The molecule has 8 N–H and O–H groups in total. The van der Waals surface area contributed by atoms with Crippen molar-refractivity contribution in [2.75, 3.05) is 20.3 Å². The minimum Gasteiger partial charge on any atom is -0.508 e. The van der Waals surface area contributed by atoms with E-state index in [1.165, 1.54) is 18.2 Å². The van der Waals surface area contributed by atoms with Gasteiger partial charge in [-0.1, -0.05) is 60.7 Å². The van der Waals surface area contributed by atoms with Crippen molar-refractivity contribution in [1.82, 2.24) is 10.3 Å². The number of H-pyrrole nitrogens is 1. The van der Waals surface area contributed by atoms with Gasteiger partial charge in [-0.05, 0) is 140 Å². The van der Waals surface area contributed by atoms with Crippen LogP contribution in [-0.2, 0) is 28.9 Å². The smallest absolute Gasteiger partial charge is 0.201 e. The number of allylic oxidation sites excluding steroid dienone is 1. The third-order valence-corrected chi connectivity index (χ3v) is 15.8. The number of hydrogen-bond acceptors (Lipinski definition) is 10. The van der Waals surface area contributed by atoms with Crippen molar-refractivity contribution in [2.24, 2.45) is 23.7 Å². The van der Waals surface area contributed by atoms with Gasteiger partial charge in [0.05, 0.1) is 38.1 Å². The molecule has 11 heteroatoms. The molecule has 1 saturated heterocycles. The summed E-state index contributed by atoms with van der Waals surface area (Å²) in [5.74, 6) is -0.113. The largest absolute Gasteiger partial charge is 0.508 e. The molecule has 3 fully saturated rings. The molecule has 4 aromatic rings. The summed E-state index contributed by atoms with van der Waals surface area (Å²) in [6, 6.07) is 18.9. The van der Waals surface area contributed by atoms with Gasteiger partial charge in [0.25, 0.3) is 0 Å². The number of aliphatic hydroxyl groups excluding tert-OH is 3. The number of rotatable bonds is 15. The van der Waals surface area contributed by atoms with E-state index in [1.54, 1.807) is 0 Å². The number of aromatic nitrogens is 1. The highest BCUT2D eigenvalue weighted by Crippen LogP contribution is 2.56. The first kappa shape index (κ1) is 45.5. The summed E-state index contributed by atoms with van der Waals surface area (Å²) in [5, 5.41) is 72.6. The Morgan fingerprint density at radius 3 is 2.54 bits per heavy atom. The number of fused-ring (bicyclic) bond motifs is 3. The molecule has 9 rings (SSSR count). The van der Waals surface area contributed by atoms with E-state index in [0.29, 0.717) is 42.9 Å². The van der Waals surface area contributed by atoms with Crippen LogP contribution in [0.2, 0.25) is 0 Å². The van der Waals surface area contributed by atoms with Crippen LogP contribution in [0.1, 0.15) is 122 Å². The SMILES string of the molecule is CCOCCC1C=CC2=CC3C(CCC(C(O)CCc4ccccc4)C3c3cc(C4CCC5C(O)CC(c6c(CO)c(O)c(O)c(OC)c6Cc6cc[nH]c6)OC5C4)ccc3O)CC2N1. The predicted octanol–water partition coefficient (Wildman–Crippen LogP) is 8.37. The van der Waals surface area contributed by atoms with Crippen LogP contribution < -0.4 is 10.1 Å². The van der Waals surface area contributed by atoms with Crippen LogP contribution in [0, 0.1) is 23.7 Å². The Balaban J connectivity index is 1.02. The number of phenols is 3. The summed E-state index contributed by atoms with van der Waals surface area (Å²) in [5.41, 5.74) is 6.72. The Kier molecular flexibility index (Phi) is 14.1. The van der Waals surface area contributed by atoms with Crippen LogP contribution >= 0.6 is 0 Å². The van der Waals surface area contributed by atoms with Crippen molar-refractivity contribution in [1.29, 1.82) is 0 Å². The Bertz CT molecular complexity index is 2290. The number of ether oxygens (including phenoxy) is 3. The van der Waals surface area contributed by atoms with Crippen molar-refractivity contribution in [3.8, 4) is 23.0 Å². The second-order valence-electron chi connectivity index (χ2n) is 19.4. The summed E-state index contributed by atoms with van der Waals surface area (Å²) >= 11 is 0. The number of aliphatic hydroxyl groups is 3. The summed E-state index contributed by atoms with van der Waals surface area (Å²) < 4.78 is 18.4. The highest BCUT2D eigenvalue weighted by Gasteiger charge is 2.48. The molecule has 3 aromatic carbocycles. The maximum Gasteiger partial charge on any atom is 0.201 e. The normalized spacial score (nSPS) is 30.2. The molecule has 0 radical (unpaired) electrons. The molecular weight excluding hydrogens is 821 g/mol. The maximum absolute atomic E-state index is 12.2. The molecule has 2 aliphatic heterocycles. The number of benzene rings is 3. The summed E-state index contributed by atoms with van der Waals surface area (Å²) in [6.45, 7) is 2.94. The Morgan fingerprint density at radius 1 is 0.923 bits per heavy atom. The minimum atomic E-state index is -0.688. The van der Waals surface area contributed by atoms with Crippen molar-refractivity contribution in [2.45, 2.75) is 132 Å². The number of methoxy groups -OCH3 is 1. The standard InChI is InChI=1S/C54H68N2O9/c1-3-64-22-20-37-14-10-36-25-40-35(26-44(36)56-37)12-16-39(45(58)17-9-31-7-5-4-6-8-31)50(40)41-24-33(13-18-46(41)59)34-11-15-38-47(60)28-49(65-48(38)27-34)51-42(23-32-19-21-55-29-32)54(63-2)53(62)52(61)43(51)30-57/h4-8,10,13-14,18-19,21,24-25,29,34-35,37-40,44-45,47-50,55-62H,3,9,11-12,15-17,20,22-23,26-28,30H2,1-2H3. The van der Waals surface area contributed by atoms with E-state index in [4.69, 9.17) is 14.2 Å². The molecule has 65 heavy (non-hydrogen) atoms. The van der Waals surface area contributed by atoms with Crippen LogP contribution in [0.15, 0.2) is 90.8 Å². The maximum atomic E-state index is 12.2. The number of nitrogens with one attached hydrogen (secondary N) is 2. The van der Waals surface area contributed by atoms with E-state index in [1.807, 2.05) is 55.7 Å². The van der Waals surface area contributed by atoms with Gasteiger partial charge in [-0.3, -0.25) is 0 Å². The zero-order valence-corrected chi connectivity index (χ0v) is 37.8. The second kappa shape index (κ2) is 20.1. The number of aromatic hydroxyl groups is 3. The molecule has 0 bridgehead atoms. The fourth-order valence-electron chi connectivity index (χ4n) is 12.5. The third-order valence-electron chi connectivity index (χ3n) is 15.8. The number of hydrogen-bond donors (Lipinski definition) is 8. The van der Waals surface area contributed by atoms with Crippen molar-refractivity contribution >= 4 is 0 Å². The molecule has 12 atom stereocenters. The molecular formula is C54H68N2O9. The number of aromatic amines is 1. The topological polar surface area (TPSA) is 177 Å². The fourth-order valence-corrected chi connectivity index (χ4v) is 12.5. The van der Waals surface area contributed by atoms with Crippen molar-refractivity contribution < 1.29 is 44.8 Å². The summed E-state index contributed by atoms with van der Waals surface area (Å²) in [6.07, 6.45) is 16.6. The summed E-state index contributed by atoms with van der Waals surface area (Å²) in [7, 11) is 1.44. The van der Waals surface area contributed by atoms with E-state index in [2.05, 4.69) is 46.7 Å². The quantitative estimate of drug-likeness (QED) is 0.0428. The van der Waals surface area contributed by atoms with Gasteiger partial charge in [-0.2, -0.15) is 0 Å². The predicted molar refractivity (Wildman–Crippen MR) is 249 cm³/mol. The lowest BCUT2D eigenvalue weighted by molar-refractivity contribution is -0.154. The molecule has 3 heterocycles. The first-order valence-electron chi connectivity index (χ1n) is 24.1. The van der Waals surface area contributed by atoms with E-state index in [-0.39, 0.29) is 71.3 Å². The zero-order chi connectivity index (χ0) is 45.2. The molecule has 5 aliphatic rings. The van der Waals surface area contributed by atoms with Gasteiger partial charge in [0.2, 0.25) is 5.75 Å². The highest BCUT2D eigenvalue weighted by molar-refractivity contribution is 5.64. The number of aryl methyl sites for hydroxylation is 1. The molecule has 3 aliphatic carbocycles. The summed E-state index contributed by atoms with van der Waals surface area (Å²) in [4.78, 5) is 3.07. The van der Waals surface area contributed by atoms with Crippen LogP contribution in [0.5, 0.6) is 23.0 Å². The lowest BCUT2D eigenvalue weighted by Gasteiger charge is -2.49. The monoisotopic (exact) mass is 888 g/mol. The Labute approximate surface area is 383 Å². The Hall–Kier alpha value is -4.62. The first-order chi connectivity index (χ1) is 31.6. The van der Waals surface area contributed by atoms with Crippen LogP contribution in [0.4, 0.5) is 0 Å². The van der Waals surface area contributed by atoms with E-state index in [0.717, 1.165) is 68.2 Å². The van der Waals surface area contributed by atoms with Crippen LogP contribution in [-0.4, -0.2) is 86.3 Å². The van der Waals surface area contributed by atoms with Gasteiger partial charge in [0, 0.05) is 67.6 Å². The fraction of sp³-hybridized carbons (Fsp3) is 0.519. The molecule has 2 saturated carbocycles. The van der Waals surface area contributed by atoms with Gasteiger partial charge >= 0.3 is 0 Å². The number of phenolic OH excluding ortho intramolecular Hbond substituents is 2. The molecule has 0 spiro atoms. The lowest BCUT2D eigenvalue weighted by Crippen LogP contribution is -2.48. The van der Waals surface area contributed by atoms with Crippen LogP contribution in [0.3, 0.4) is 0 Å². The average Bonchev–Trinajstić information content (AvgIpc) is 3.84. The third kappa shape index (κ3) is 9.38. The molecule has 12 unspecified atom stereocenters. The molecule has 11 nitrogen and oxygen atoms in total. The van der Waals surface area contributed by atoms with Gasteiger partial charge in [-0.25, -0.2) is 0 Å². The molecule has 1 aromatic heterocycles. The zero-order valence-electron chi connectivity index (χ0n) is 37.8. The molecule has 348 valence electrons. The average molecular weight is 889 g/mol. The molecule has 0 amide bonds. The first-order valence-corrected chi connectivity index (χ1v) is 24.1. The van der Waals surface area contributed by atoms with E-state index < -0.39 is 36.4 Å². The van der Waals surface area contributed by atoms with Gasteiger partial charge in [-0.15, -0.1) is 0 Å². The van der Waals surface area contributed by atoms with E-state index >= 15 is 0 Å². The minimum absolute atomic E-state index is 0.0396. The van der Waals surface area contributed by atoms with Gasteiger partial charge in [0.15, 0.2) is 11.5 Å². The lowest BCUT2D eigenvalue weighted by atomic mass is 9.58. The van der Waals surface area contributed by atoms with Crippen molar-refractivity contribution in [3.05, 3.63) is 130 Å². The second-order valence-corrected chi connectivity index (χ2v) is 19.4. The van der Waals surface area contributed by atoms with Crippen LogP contribution in [0.25, 0.3) is 0 Å². The van der Waals surface area contributed by atoms with Gasteiger partial charge in [0.1, 0.15) is 5.75 Å².